The summed E-state index contributed by atoms with van der Waals surface area (Å²) in [5, 5.41) is 1.03. The Balaban J connectivity index is 1.54. The van der Waals surface area contributed by atoms with Crippen LogP contribution in [0.3, 0.4) is 0 Å². The van der Waals surface area contributed by atoms with Crippen LogP contribution < -0.4 is 15.4 Å². The first-order chi connectivity index (χ1) is 10.8. The van der Waals surface area contributed by atoms with E-state index in [4.69, 9.17) is 0 Å². The molecule has 0 aromatic carbocycles. The molecule has 1 aliphatic rings. The summed E-state index contributed by atoms with van der Waals surface area (Å²) in [5.41, 5.74) is 0.723. The first kappa shape index (κ1) is 12.8. The molecule has 0 bridgehead atoms. The molecule has 112 valence electrons. The zero-order valence-electron chi connectivity index (χ0n) is 11.9. The Morgan fingerprint density at radius 3 is 2.64 bits per heavy atom. The summed E-state index contributed by atoms with van der Waals surface area (Å²) >= 11 is 0. The first-order valence-corrected chi connectivity index (χ1v) is 7.14. The molecule has 1 aliphatic heterocycles. The Hall–Kier alpha value is -2.90. The molecular formula is C14H15N7O. The van der Waals surface area contributed by atoms with Crippen molar-refractivity contribution in [1.29, 1.82) is 0 Å². The van der Waals surface area contributed by atoms with Crippen molar-refractivity contribution < 1.29 is 0 Å². The smallest absolute Gasteiger partial charge is 0.252 e. The Bertz CT molecular complexity index is 847. The van der Waals surface area contributed by atoms with Gasteiger partial charge in [-0.05, 0) is 6.07 Å². The quantitative estimate of drug-likeness (QED) is 0.709. The van der Waals surface area contributed by atoms with Crippen LogP contribution in [0.2, 0.25) is 0 Å². The van der Waals surface area contributed by atoms with Gasteiger partial charge in [-0.1, -0.05) is 0 Å². The molecule has 8 nitrogen and oxygen atoms in total. The van der Waals surface area contributed by atoms with Crippen LogP contribution in [0.15, 0.2) is 35.8 Å². The number of hydrogen-bond donors (Lipinski definition) is 2. The topological polar surface area (TPSA) is 93.8 Å². The van der Waals surface area contributed by atoms with Gasteiger partial charge in [0.15, 0.2) is 0 Å². The predicted molar refractivity (Wildman–Crippen MR) is 83.2 cm³/mol. The number of aromatic amines is 2. The van der Waals surface area contributed by atoms with Crippen molar-refractivity contribution in [3.05, 3.63) is 41.3 Å². The minimum atomic E-state index is -0.128. The van der Waals surface area contributed by atoms with Crippen LogP contribution in [0.1, 0.15) is 0 Å². The van der Waals surface area contributed by atoms with Crippen molar-refractivity contribution in [2.24, 2.45) is 0 Å². The van der Waals surface area contributed by atoms with Gasteiger partial charge < -0.3 is 19.8 Å². The average Bonchev–Trinajstić information content (AvgIpc) is 3.04. The van der Waals surface area contributed by atoms with Gasteiger partial charge in [0.25, 0.3) is 5.56 Å². The lowest BCUT2D eigenvalue weighted by atomic mass is 10.2. The van der Waals surface area contributed by atoms with E-state index < -0.39 is 0 Å². The van der Waals surface area contributed by atoms with Gasteiger partial charge in [-0.25, -0.2) is 15.0 Å². The van der Waals surface area contributed by atoms with Crippen LogP contribution in [0.5, 0.6) is 0 Å². The van der Waals surface area contributed by atoms with Crippen LogP contribution in [-0.4, -0.2) is 51.1 Å². The van der Waals surface area contributed by atoms with Gasteiger partial charge in [0.05, 0.1) is 11.7 Å². The van der Waals surface area contributed by atoms with Crippen LogP contribution >= 0.6 is 0 Å². The molecule has 22 heavy (non-hydrogen) atoms. The van der Waals surface area contributed by atoms with E-state index in [-0.39, 0.29) is 5.56 Å². The SMILES string of the molecule is O=c1cc(N2CCN(c3ncnc4[nH]ccc34)CC2)nc[nH]1. The highest BCUT2D eigenvalue weighted by Gasteiger charge is 2.21. The maximum Gasteiger partial charge on any atom is 0.252 e. The van der Waals surface area contributed by atoms with Crippen molar-refractivity contribution in [3.8, 4) is 0 Å². The zero-order chi connectivity index (χ0) is 14.9. The zero-order valence-corrected chi connectivity index (χ0v) is 11.9. The third kappa shape index (κ3) is 2.18. The lowest BCUT2D eigenvalue weighted by Crippen LogP contribution is -2.47. The maximum atomic E-state index is 11.4. The van der Waals surface area contributed by atoms with E-state index in [2.05, 4.69) is 34.7 Å². The molecule has 0 saturated carbocycles. The molecule has 4 heterocycles. The van der Waals surface area contributed by atoms with E-state index in [9.17, 15) is 4.79 Å². The highest BCUT2D eigenvalue weighted by Crippen LogP contribution is 2.23. The molecule has 1 saturated heterocycles. The highest BCUT2D eigenvalue weighted by molar-refractivity contribution is 5.87. The molecule has 3 aromatic rings. The molecule has 0 atom stereocenters. The Morgan fingerprint density at radius 2 is 1.82 bits per heavy atom. The van der Waals surface area contributed by atoms with E-state index in [0.717, 1.165) is 48.8 Å². The van der Waals surface area contributed by atoms with Crippen molar-refractivity contribution in [3.63, 3.8) is 0 Å². The van der Waals surface area contributed by atoms with E-state index >= 15 is 0 Å². The van der Waals surface area contributed by atoms with E-state index in [1.54, 1.807) is 6.33 Å². The van der Waals surface area contributed by atoms with Gasteiger partial charge in [0.1, 0.15) is 23.6 Å². The number of piperazine rings is 1. The van der Waals surface area contributed by atoms with Crippen molar-refractivity contribution in [2.45, 2.75) is 0 Å². The van der Waals surface area contributed by atoms with E-state index in [0.29, 0.717) is 0 Å². The van der Waals surface area contributed by atoms with Crippen LogP contribution in [-0.2, 0) is 0 Å². The third-order valence-corrected chi connectivity index (χ3v) is 3.90. The van der Waals surface area contributed by atoms with Gasteiger partial charge in [-0.3, -0.25) is 4.79 Å². The molecule has 0 amide bonds. The molecule has 0 spiro atoms. The average molecular weight is 297 g/mol. The second kappa shape index (κ2) is 5.14. The Morgan fingerprint density at radius 1 is 1.00 bits per heavy atom. The monoisotopic (exact) mass is 297 g/mol. The van der Waals surface area contributed by atoms with Crippen molar-refractivity contribution in [2.75, 3.05) is 36.0 Å². The number of rotatable bonds is 2. The number of nitrogens with zero attached hydrogens (tertiary/aromatic N) is 5. The van der Waals surface area contributed by atoms with Gasteiger partial charge in [0.2, 0.25) is 0 Å². The largest absolute Gasteiger partial charge is 0.353 e. The minimum absolute atomic E-state index is 0.128. The molecule has 0 aliphatic carbocycles. The Kier molecular flexibility index (Phi) is 2.99. The van der Waals surface area contributed by atoms with Gasteiger partial charge in [-0.2, -0.15) is 0 Å². The number of aromatic nitrogens is 5. The second-order valence-electron chi connectivity index (χ2n) is 5.18. The number of fused-ring (bicyclic) bond motifs is 1. The number of hydrogen-bond acceptors (Lipinski definition) is 6. The van der Waals surface area contributed by atoms with Crippen molar-refractivity contribution in [1.82, 2.24) is 24.9 Å². The third-order valence-electron chi connectivity index (χ3n) is 3.90. The standard InChI is InChI=1S/C14H15N7O/c22-12-7-11(16-8-17-12)20-3-5-21(6-4-20)14-10-1-2-15-13(10)18-9-19-14/h1-2,7-9H,3-6H2,(H,15,18,19)(H,16,17,22). The van der Waals surface area contributed by atoms with Gasteiger partial charge >= 0.3 is 0 Å². The second-order valence-corrected chi connectivity index (χ2v) is 5.18. The first-order valence-electron chi connectivity index (χ1n) is 7.14. The van der Waals surface area contributed by atoms with Gasteiger partial charge in [0, 0.05) is 38.4 Å². The molecule has 4 rings (SSSR count). The molecule has 0 radical (unpaired) electrons. The summed E-state index contributed by atoms with van der Waals surface area (Å²) in [7, 11) is 0. The molecule has 1 fully saturated rings. The fourth-order valence-corrected chi connectivity index (χ4v) is 2.79. The van der Waals surface area contributed by atoms with Crippen LogP contribution in [0.4, 0.5) is 11.6 Å². The number of H-pyrrole nitrogens is 2. The summed E-state index contributed by atoms with van der Waals surface area (Å²) in [6.45, 7) is 3.25. The fourth-order valence-electron chi connectivity index (χ4n) is 2.79. The van der Waals surface area contributed by atoms with Crippen LogP contribution in [0, 0.1) is 0 Å². The molecule has 0 unspecified atom stereocenters. The molecule has 8 heteroatoms. The molecule has 3 aromatic heterocycles. The normalized spacial score (nSPS) is 15.5. The lowest BCUT2D eigenvalue weighted by Gasteiger charge is -2.36. The fraction of sp³-hybridized carbons (Fsp3) is 0.286. The van der Waals surface area contributed by atoms with Gasteiger partial charge in [-0.15, -0.1) is 0 Å². The predicted octanol–water partition coefficient (Wildman–Crippen LogP) is 0.368. The summed E-state index contributed by atoms with van der Waals surface area (Å²) in [6, 6.07) is 3.53. The number of anilines is 2. The van der Waals surface area contributed by atoms with E-state index in [1.807, 2.05) is 12.3 Å². The van der Waals surface area contributed by atoms with E-state index in [1.165, 1.54) is 12.4 Å². The molecule has 2 N–H and O–H groups in total. The Labute approximate surface area is 125 Å². The summed E-state index contributed by atoms with van der Waals surface area (Å²) in [4.78, 5) is 34.2. The lowest BCUT2D eigenvalue weighted by molar-refractivity contribution is 0.642. The van der Waals surface area contributed by atoms with Crippen molar-refractivity contribution >= 4 is 22.7 Å². The summed E-state index contributed by atoms with van der Waals surface area (Å²) in [6.07, 6.45) is 4.90. The highest BCUT2D eigenvalue weighted by atomic mass is 16.1. The molecular weight excluding hydrogens is 282 g/mol. The summed E-state index contributed by atoms with van der Waals surface area (Å²) in [5.74, 6) is 1.67. The number of nitrogens with one attached hydrogen (secondary N) is 2. The van der Waals surface area contributed by atoms with Crippen LogP contribution in [0.25, 0.3) is 11.0 Å². The minimum Gasteiger partial charge on any atom is -0.353 e. The summed E-state index contributed by atoms with van der Waals surface area (Å²) < 4.78 is 0. The maximum absolute atomic E-state index is 11.4.